The van der Waals surface area contributed by atoms with Crippen molar-refractivity contribution in [3.05, 3.63) is 53.2 Å². The predicted octanol–water partition coefficient (Wildman–Crippen LogP) is 3.25. The average Bonchev–Trinajstić information content (AvgIpc) is 3.18. The number of anilines is 2. The van der Waals surface area contributed by atoms with Crippen molar-refractivity contribution in [2.45, 2.75) is 11.3 Å². The third-order valence-corrected chi connectivity index (χ3v) is 6.75. The second kappa shape index (κ2) is 9.22. The van der Waals surface area contributed by atoms with E-state index < -0.39 is 10.0 Å². The number of rotatable bonds is 8. The van der Waals surface area contributed by atoms with Gasteiger partial charge in [0.15, 0.2) is 11.5 Å². The topological polar surface area (TPSA) is 145 Å². The molecule has 0 amide bonds. The van der Waals surface area contributed by atoms with Gasteiger partial charge in [0, 0.05) is 30.8 Å². The number of nitrogen functional groups attached to an aromatic ring is 1. The number of aromatic nitrogens is 4. The number of nitrogens with zero attached hydrogens (tertiary/aromatic N) is 3. The first-order valence-electron chi connectivity index (χ1n) is 9.78. The molecule has 0 aliphatic heterocycles. The first-order chi connectivity index (χ1) is 15.8. The fourth-order valence-electron chi connectivity index (χ4n) is 3.24. The normalized spacial score (nSPS) is 11.6. The second-order valence-electron chi connectivity index (χ2n) is 7.05. The molecule has 0 spiro atoms. The highest BCUT2D eigenvalue weighted by Gasteiger charge is 2.20. The summed E-state index contributed by atoms with van der Waals surface area (Å²) in [7, 11) is -0.877. The number of aromatic amines is 1. The van der Waals surface area contributed by atoms with E-state index in [2.05, 4.69) is 24.9 Å². The summed E-state index contributed by atoms with van der Waals surface area (Å²) in [6.07, 6.45) is 0.533. The number of benzene rings is 2. The number of nitrogens with two attached hydrogens (primary N) is 1. The van der Waals surface area contributed by atoms with E-state index in [9.17, 15) is 8.42 Å². The Kier molecular flexibility index (Phi) is 6.36. The van der Waals surface area contributed by atoms with Crippen molar-refractivity contribution in [1.82, 2.24) is 20.2 Å². The van der Waals surface area contributed by atoms with Crippen LogP contribution in [0.3, 0.4) is 0 Å². The van der Waals surface area contributed by atoms with Crippen LogP contribution in [0.4, 0.5) is 11.5 Å². The Balaban J connectivity index is 1.63. The lowest BCUT2D eigenvalue weighted by Gasteiger charge is -2.11. The molecule has 0 radical (unpaired) electrons. The molecule has 2 aromatic carbocycles. The fourth-order valence-corrected chi connectivity index (χ4v) is 4.82. The van der Waals surface area contributed by atoms with Crippen LogP contribution in [0.1, 0.15) is 5.69 Å². The highest BCUT2D eigenvalue weighted by Crippen LogP contribution is 2.29. The molecule has 172 valence electrons. The predicted molar refractivity (Wildman–Crippen MR) is 126 cm³/mol. The zero-order valence-electron chi connectivity index (χ0n) is 17.8. The number of H-pyrrole nitrogens is 1. The van der Waals surface area contributed by atoms with Gasteiger partial charge < -0.3 is 15.2 Å². The summed E-state index contributed by atoms with van der Waals surface area (Å²) in [6, 6.07) is 11.1. The van der Waals surface area contributed by atoms with Crippen LogP contribution in [-0.4, -0.2) is 49.4 Å². The average molecular weight is 489 g/mol. The van der Waals surface area contributed by atoms with Gasteiger partial charge in [-0.15, -0.1) is 0 Å². The second-order valence-corrected chi connectivity index (χ2v) is 9.11. The standard InChI is InChI=1S/C21H21ClN6O4S/c1-31-10-9-16-18-19(23)26-27-21(18)25-20(24-16)12-3-5-13(6-4-12)28-33(29,30)17-11-14(32-2)7-8-15(17)22/h3-8,11,28H,9-10H2,1-2H3,(H3,23,24,25,26,27). The van der Waals surface area contributed by atoms with E-state index in [0.29, 0.717) is 58.4 Å². The number of ether oxygens (including phenoxy) is 2. The van der Waals surface area contributed by atoms with E-state index in [1.54, 1.807) is 37.4 Å². The number of fused-ring (bicyclic) bond motifs is 1. The van der Waals surface area contributed by atoms with Crippen LogP contribution in [0.2, 0.25) is 5.02 Å². The molecule has 4 N–H and O–H groups in total. The quantitative estimate of drug-likeness (QED) is 0.342. The minimum absolute atomic E-state index is 0.0831. The summed E-state index contributed by atoms with van der Waals surface area (Å²) in [4.78, 5) is 9.01. The molecule has 4 aromatic rings. The number of hydrogen-bond donors (Lipinski definition) is 3. The molecule has 0 aliphatic rings. The van der Waals surface area contributed by atoms with Gasteiger partial charge in [-0.1, -0.05) is 11.6 Å². The van der Waals surface area contributed by atoms with Crippen molar-refractivity contribution in [2.24, 2.45) is 0 Å². The van der Waals surface area contributed by atoms with E-state index >= 15 is 0 Å². The molecule has 0 unspecified atom stereocenters. The largest absolute Gasteiger partial charge is 0.497 e. The van der Waals surface area contributed by atoms with Crippen molar-refractivity contribution < 1.29 is 17.9 Å². The summed E-state index contributed by atoms with van der Waals surface area (Å²) in [5, 5.41) is 7.61. The van der Waals surface area contributed by atoms with Crippen molar-refractivity contribution in [3.8, 4) is 17.1 Å². The minimum atomic E-state index is -3.93. The van der Waals surface area contributed by atoms with E-state index in [1.165, 1.54) is 19.2 Å². The maximum absolute atomic E-state index is 12.8. The van der Waals surface area contributed by atoms with E-state index in [0.717, 1.165) is 0 Å². The number of methoxy groups -OCH3 is 2. The fraction of sp³-hybridized carbons (Fsp3) is 0.190. The Hall–Kier alpha value is -3.41. The molecule has 0 atom stereocenters. The summed E-state index contributed by atoms with van der Waals surface area (Å²) < 4.78 is 38.4. The molecule has 4 rings (SSSR count). The van der Waals surface area contributed by atoms with E-state index in [-0.39, 0.29) is 9.92 Å². The lowest BCUT2D eigenvalue weighted by atomic mass is 10.1. The van der Waals surface area contributed by atoms with Crippen molar-refractivity contribution in [3.63, 3.8) is 0 Å². The molecule has 0 saturated carbocycles. The number of halogens is 1. The zero-order chi connectivity index (χ0) is 23.6. The Morgan fingerprint density at radius 1 is 1.12 bits per heavy atom. The molecule has 2 heterocycles. The summed E-state index contributed by atoms with van der Waals surface area (Å²) in [5.41, 5.74) is 8.16. The number of sulfonamides is 1. The lowest BCUT2D eigenvalue weighted by Crippen LogP contribution is -2.13. The van der Waals surface area contributed by atoms with Gasteiger partial charge in [0.05, 0.1) is 29.8 Å². The first kappa shape index (κ1) is 22.8. The van der Waals surface area contributed by atoms with Crippen LogP contribution in [0.15, 0.2) is 47.4 Å². The maximum atomic E-state index is 12.8. The smallest absolute Gasteiger partial charge is 0.263 e. The maximum Gasteiger partial charge on any atom is 0.263 e. The molecule has 10 nitrogen and oxygen atoms in total. The van der Waals surface area contributed by atoms with Gasteiger partial charge in [-0.25, -0.2) is 18.4 Å². The SMILES string of the molecule is COCCc1nc(-c2ccc(NS(=O)(=O)c3cc(OC)ccc3Cl)cc2)nc2n[nH]c(N)c12. The molecular formula is C21H21ClN6O4S. The third-order valence-electron chi connectivity index (χ3n) is 4.88. The Morgan fingerprint density at radius 3 is 2.58 bits per heavy atom. The molecule has 2 aromatic heterocycles. The van der Waals surface area contributed by atoms with Crippen LogP contribution in [0.25, 0.3) is 22.4 Å². The van der Waals surface area contributed by atoms with E-state index in [1.807, 2.05) is 0 Å². The number of hydrogen-bond acceptors (Lipinski definition) is 8. The van der Waals surface area contributed by atoms with E-state index in [4.69, 9.17) is 26.8 Å². The third kappa shape index (κ3) is 4.70. The Bertz CT molecular complexity index is 1410. The number of nitrogens with one attached hydrogen (secondary N) is 2. The monoisotopic (exact) mass is 488 g/mol. The molecule has 12 heteroatoms. The Labute approximate surface area is 195 Å². The van der Waals surface area contributed by atoms with Crippen LogP contribution in [0, 0.1) is 0 Å². The van der Waals surface area contributed by atoms with Gasteiger partial charge in [-0.3, -0.25) is 9.82 Å². The highest BCUT2D eigenvalue weighted by molar-refractivity contribution is 7.92. The first-order valence-corrected chi connectivity index (χ1v) is 11.6. The lowest BCUT2D eigenvalue weighted by molar-refractivity contribution is 0.202. The highest BCUT2D eigenvalue weighted by atomic mass is 35.5. The van der Waals surface area contributed by atoms with Crippen LogP contribution in [-0.2, 0) is 21.2 Å². The van der Waals surface area contributed by atoms with Crippen molar-refractivity contribution in [1.29, 1.82) is 0 Å². The Morgan fingerprint density at radius 2 is 1.88 bits per heavy atom. The van der Waals surface area contributed by atoms with Gasteiger partial charge in [0.1, 0.15) is 16.5 Å². The summed E-state index contributed by atoms with van der Waals surface area (Å²) in [6.45, 7) is 0.462. The molecule has 0 bridgehead atoms. The van der Waals surface area contributed by atoms with Gasteiger partial charge in [0.25, 0.3) is 10.0 Å². The molecule has 33 heavy (non-hydrogen) atoms. The van der Waals surface area contributed by atoms with Crippen molar-refractivity contribution >= 4 is 44.2 Å². The minimum Gasteiger partial charge on any atom is -0.497 e. The zero-order valence-corrected chi connectivity index (χ0v) is 19.4. The van der Waals surface area contributed by atoms with Crippen LogP contribution >= 0.6 is 11.6 Å². The van der Waals surface area contributed by atoms with Crippen molar-refractivity contribution in [2.75, 3.05) is 31.3 Å². The van der Waals surface area contributed by atoms with Gasteiger partial charge in [-0.05, 0) is 36.4 Å². The molecule has 0 saturated heterocycles. The van der Waals surface area contributed by atoms with Gasteiger partial charge in [0.2, 0.25) is 0 Å². The molecule has 0 aliphatic carbocycles. The summed E-state index contributed by atoms with van der Waals surface area (Å²) in [5.74, 6) is 1.21. The van der Waals surface area contributed by atoms with Gasteiger partial charge in [-0.2, -0.15) is 5.10 Å². The molecule has 0 fully saturated rings. The van der Waals surface area contributed by atoms with Crippen LogP contribution in [0.5, 0.6) is 5.75 Å². The van der Waals surface area contributed by atoms with Crippen LogP contribution < -0.4 is 15.2 Å². The van der Waals surface area contributed by atoms with Gasteiger partial charge >= 0.3 is 0 Å². The molecular weight excluding hydrogens is 468 g/mol. The summed E-state index contributed by atoms with van der Waals surface area (Å²) >= 11 is 6.09.